The summed E-state index contributed by atoms with van der Waals surface area (Å²) in [6.07, 6.45) is 3.02. The number of benzene rings is 2. The van der Waals surface area contributed by atoms with Crippen molar-refractivity contribution in [2.75, 3.05) is 37.0 Å². The van der Waals surface area contributed by atoms with Gasteiger partial charge in [-0.15, -0.1) is 0 Å². The van der Waals surface area contributed by atoms with E-state index in [1.807, 2.05) is 30.3 Å². The van der Waals surface area contributed by atoms with Crippen LogP contribution in [0.4, 0.5) is 11.4 Å². The van der Waals surface area contributed by atoms with Crippen LogP contribution < -0.4 is 15.0 Å². The van der Waals surface area contributed by atoms with Gasteiger partial charge in [-0.05, 0) is 42.7 Å². The van der Waals surface area contributed by atoms with Gasteiger partial charge in [0.2, 0.25) is 0 Å². The Balaban J connectivity index is 1.48. The molecule has 162 valence electrons. The minimum Gasteiger partial charge on any atom is -0.486 e. The molecule has 2 aromatic rings. The predicted octanol–water partition coefficient (Wildman–Crippen LogP) is 4.20. The van der Waals surface area contributed by atoms with E-state index in [-0.39, 0.29) is 6.10 Å². The number of hydrogen-bond acceptors (Lipinski definition) is 5. The minimum absolute atomic E-state index is 0.257. The molecule has 0 radical (unpaired) electrons. The first-order chi connectivity index (χ1) is 14.6. The van der Waals surface area contributed by atoms with Crippen molar-refractivity contribution >= 4 is 17.3 Å². The third-order valence-electron chi connectivity index (χ3n) is 5.40. The average molecular weight is 413 g/mol. The number of para-hydroxylation sites is 2. The zero-order chi connectivity index (χ0) is 21.3. The monoisotopic (exact) mass is 412 g/mol. The molecule has 3 rings (SSSR count). The third kappa shape index (κ3) is 5.89. The maximum Gasteiger partial charge on any atom is 0.333 e. The Kier molecular flexibility index (Phi) is 7.97. The fourth-order valence-electron chi connectivity index (χ4n) is 3.81. The summed E-state index contributed by atoms with van der Waals surface area (Å²) in [7, 11) is 1.42. The van der Waals surface area contributed by atoms with Crippen LogP contribution in [-0.2, 0) is 16.0 Å². The molecule has 0 saturated carbocycles. The van der Waals surface area contributed by atoms with Gasteiger partial charge in [0.05, 0.1) is 12.2 Å². The highest BCUT2D eigenvalue weighted by Gasteiger charge is 2.24. The fourth-order valence-corrected chi connectivity index (χ4v) is 3.81. The normalized spacial score (nSPS) is 16.5. The zero-order valence-electron chi connectivity index (χ0n) is 17.8. The second-order valence-electron chi connectivity index (χ2n) is 7.69. The highest BCUT2D eigenvalue weighted by atomic mass is 16.5. The molecule has 1 aliphatic rings. The van der Waals surface area contributed by atoms with Crippen molar-refractivity contribution in [3.05, 3.63) is 54.1 Å². The van der Waals surface area contributed by atoms with Crippen LogP contribution in [0, 0.1) is 0 Å². The summed E-state index contributed by atoms with van der Waals surface area (Å²) in [5.41, 5.74) is 3.16. The second kappa shape index (κ2) is 10.9. The standard InChI is InChI=1S/C24H32N2O4/c1-3-7-20-17-26(21-8-4-5-9-22(21)30-20)15-6-14-25-19-12-10-18(11-13-19)16-23(29-2)24(27)28/h4-5,8-13,20,23,25H,3,6-7,14-17H2,1-2H3,(H,27,28)/t20?,23-/m0/s1. The number of ether oxygens (including phenoxy) is 2. The maximum absolute atomic E-state index is 11.1. The summed E-state index contributed by atoms with van der Waals surface area (Å²) in [5.74, 6) is 0.0482. The highest BCUT2D eigenvalue weighted by molar-refractivity contribution is 5.72. The van der Waals surface area contributed by atoms with E-state index in [1.54, 1.807) is 0 Å². The summed E-state index contributed by atoms with van der Waals surface area (Å²) >= 11 is 0. The minimum atomic E-state index is -0.939. The van der Waals surface area contributed by atoms with E-state index in [1.165, 1.54) is 12.8 Å². The van der Waals surface area contributed by atoms with Crippen molar-refractivity contribution in [3.63, 3.8) is 0 Å². The second-order valence-corrected chi connectivity index (χ2v) is 7.69. The molecule has 0 aliphatic carbocycles. The molecule has 0 aromatic heterocycles. The predicted molar refractivity (Wildman–Crippen MR) is 120 cm³/mol. The number of carboxylic acid groups (broad SMARTS) is 1. The van der Waals surface area contributed by atoms with E-state index in [2.05, 4.69) is 35.3 Å². The third-order valence-corrected chi connectivity index (χ3v) is 5.40. The fraction of sp³-hybridized carbons (Fsp3) is 0.458. The number of carbonyl (C=O) groups is 1. The summed E-state index contributed by atoms with van der Waals surface area (Å²) < 4.78 is 11.1. The van der Waals surface area contributed by atoms with Gasteiger partial charge >= 0.3 is 5.97 Å². The van der Waals surface area contributed by atoms with Crippen molar-refractivity contribution in [1.82, 2.24) is 0 Å². The Labute approximate surface area is 178 Å². The van der Waals surface area contributed by atoms with Gasteiger partial charge < -0.3 is 24.8 Å². The van der Waals surface area contributed by atoms with E-state index in [0.29, 0.717) is 6.42 Å². The lowest BCUT2D eigenvalue weighted by Crippen LogP contribution is -2.40. The number of carboxylic acids is 1. The SMILES string of the molecule is CCCC1CN(CCCNc2ccc(C[C@H](OC)C(=O)O)cc2)c2ccccc2O1. The van der Waals surface area contributed by atoms with E-state index < -0.39 is 12.1 Å². The Morgan fingerprint density at radius 3 is 2.73 bits per heavy atom. The molecule has 2 aromatic carbocycles. The largest absolute Gasteiger partial charge is 0.486 e. The van der Waals surface area contributed by atoms with Gasteiger partial charge in [0.1, 0.15) is 11.9 Å². The maximum atomic E-state index is 11.1. The van der Waals surface area contributed by atoms with E-state index in [0.717, 1.165) is 55.9 Å². The van der Waals surface area contributed by atoms with Gasteiger partial charge in [0.15, 0.2) is 6.10 Å². The number of rotatable bonds is 11. The lowest BCUT2D eigenvalue weighted by Gasteiger charge is -2.36. The van der Waals surface area contributed by atoms with E-state index in [9.17, 15) is 4.79 Å². The van der Waals surface area contributed by atoms with Crippen LogP contribution in [0.25, 0.3) is 0 Å². The molecular weight excluding hydrogens is 380 g/mol. The van der Waals surface area contributed by atoms with Crippen LogP contribution in [0.2, 0.25) is 0 Å². The number of methoxy groups -OCH3 is 1. The summed E-state index contributed by atoms with van der Waals surface area (Å²) in [5, 5.41) is 12.6. The molecule has 1 unspecified atom stereocenters. The Bertz CT molecular complexity index is 809. The Hall–Kier alpha value is -2.73. The molecule has 0 spiro atoms. The number of nitrogens with zero attached hydrogens (tertiary/aromatic N) is 1. The van der Waals surface area contributed by atoms with Gasteiger partial charge in [-0.2, -0.15) is 0 Å². The van der Waals surface area contributed by atoms with E-state index >= 15 is 0 Å². The number of aliphatic carboxylic acids is 1. The van der Waals surface area contributed by atoms with Crippen LogP contribution in [-0.4, -0.2) is 50.0 Å². The summed E-state index contributed by atoms with van der Waals surface area (Å²) in [6, 6.07) is 16.2. The Morgan fingerprint density at radius 2 is 2.03 bits per heavy atom. The molecule has 0 amide bonds. The van der Waals surface area contributed by atoms with Gasteiger partial charge in [-0.25, -0.2) is 4.79 Å². The number of nitrogens with one attached hydrogen (secondary N) is 1. The van der Waals surface area contributed by atoms with Crippen LogP contribution in [0.5, 0.6) is 5.75 Å². The molecule has 6 heteroatoms. The number of anilines is 2. The lowest BCUT2D eigenvalue weighted by molar-refractivity contribution is -0.148. The molecular formula is C24H32N2O4. The van der Waals surface area contributed by atoms with Crippen molar-refractivity contribution in [2.45, 2.75) is 44.8 Å². The van der Waals surface area contributed by atoms with Gasteiger partial charge in [-0.3, -0.25) is 0 Å². The number of hydrogen-bond donors (Lipinski definition) is 2. The number of fused-ring (bicyclic) bond motifs is 1. The molecule has 2 atom stereocenters. The molecule has 0 bridgehead atoms. The topological polar surface area (TPSA) is 71.0 Å². The molecule has 1 aliphatic heterocycles. The molecule has 2 N–H and O–H groups in total. The van der Waals surface area contributed by atoms with Crippen molar-refractivity contribution in [2.24, 2.45) is 0 Å². The first kappa shape index (κ1) is 22.0. The van der Waals surface area contributed by atoms with Crippen LogP contribution in [0.3, 0.4) is 0 Å². The smallest absolute Gasteiger partial charge is 0.333 e. The molecule has 0 fully saturated rings. The Morgan fingerprint density at radius 1 is 1.27 bits per heavy atom. The lowest BCUT2D eigenvalue weighted by atomic mass is 10.1. The van der Waals surface area contributed by atoms with E-state index in [4.69, 9.17) is 14.6 Å². The molecule has 1 heterocycles. The van der Waals surface area contributed by atoms with Crippen molar-refractivity contribution in [1.29, 1.82) is 0 Å². The highest BCUT2D eigenvalue weighted by Crippen LogP contribution is 2.34. The van der Waals surface area contributed by atoms with Crippen LogP contribution >= 0.6 is 0 Å². The molecule has 0 saturated heterocycles. The van der Waals surface area contributed by atoms with Crippen molar-refractivity contribution < 1.29 is 19.4 Å². The summed E-state index contributed by atoms with van der Waals surface area (Å²) in [4.78, 5) is 13.5. The van der Waals surface area contributed by atoms with Gasteiger partial charge in [-0.1, -0.05) is 37.6 Å². The first-order valence-electron chi connectivity index (χ1n) is 10.7. The van der Waals surface area contributed by atoms with Crippen molar-refractivity contribution in [3.8, 4) is 5.75 Å². The molecule has 6 nitrogen and oxygen atoms in total. The van der Waals surface area contributed by atoms with Crippen LogP contribution in [0.1, 0.15) is 31.7 Å². The quantitative estimate of drug-likeness (QED) is 0.539. The molecule has 30 heavy (non-hydrogen) atoms. The van der Waals surface area contributed by atoms with Crippen LogP contribution in [0.15, 0.2) is 48.5 Å². The van der Waals surface area contributed by atoms with Gasteiger partial charge in [0.25, 0.3) is 0 Å². The first-order valence-corrected chi connectivity index (χ1v) is 10.7. The van der Waals surface area contributed by atoms with Gasteiger partial charge in [0, 0.05) is 32.3 Å². The average Bonchev–Trinajstić information content (AvgIpc) is 2.76. The zero-order valence-corrected chi connectivity index (χ0v) is 17.8. The summed E-state index contributed by atoms with van der Waals surface area (Å²) in [6.45, 7) is 4.97.